The molecule has 1 amide bonds. The van der Waals surface area contributed by atoms with Crippen LogP contribution in [-0.2, 0) is 9.53 Å². The summed E-state index contributed by atoms with van der Waals surface area (Å²) in [5.74, 6) is -0.617. The molecular weight excluding hydrogens is 376 g/mol. The van der Waals surface area contributed by atoms with Crippen molar-refractivity contribution in [2.45, 2.75) is 25.7 Å². The van der Waals surface area contributed by atoms with Crippen LogP contribution in [0.3, 0.4) is 0 Å². The zero-order valence-electron chi connectivity index (χ0n) is 15.5. The predicted molar refractivity (Wildman–Crippen MR) is 105 cm³/mol. The molecule has 1 saturated heterocycles. The van der Waals surface area contributed by atoms with Gasteiger partial charge in [0.1, 0.15) is 0 Å². The lowest BCUT2D eigenvalue weighted by atomic mass is 9.99. The number of thiazole rings is 1. The number of esters is 1. The van der Waals surface area contributed by atoms with E-state index in [0.29, 0.717) is 18.8 Å². The maximum atomic E-state index is 12.5. The first-order valence-electron chi connectivity index (χ1n) is 9.19. The largest absolute Gasteiger partial charge is 0.451 e. The Balaban J connectivity index is 1.36. The molecule has 0 N–H and O–H groups in total. The van der Waals surface area contributed by atoms with E-state index in [1.165, 1.54) is 12.4 Å². The van der Waals surface area contributed by atoms with E-state index in [4.69, 9.17) is 9.72 Å². The summed E-state index contributed by atoms with van der Waals surface area (Å²) >= 11 is 1.68. The lowest BCUT2D eigenvalue weighted by Crippen LogP contribution is -2.41. The summed E-state index contributed by atoms with van der Waals surface area (Å²) in [6, 6.07) is 8.06. The van der Waals surface area contributed by atoms with Gasteiger partial charge in [-0.25, -0.2) is 14.8 Å². The second-order valence-electron chi connectivity index (χ2n) is 6.82. The zero-order valence-corrected chi connectivity index (χ0v) is 16.3. The molecule has 1 aromatic carbocycles. The van der Waals surface area contributed by atoms with Gasteiger partial charge >= 0.3 is 5.97 Å². The number of hydrogen-bond donors (Lipinski definition) is 0. The van der Waals surface area contributed by atoms with Crippen LogP contribution in [0.4, 0.5) is 0 Å². The highest BCUT2D eigenvalue weighted by atomic mass is 32.1. The Morgan fingerprint density at radius 3 is 2.89 bits per heavy atom. The van der Waals surface area contributed by atoms with E-state index in [0.717, 1.165) is 28.1 Å². The normalized spacial score (nSPS) is 16.9. The van der Waals surface area contributed by atoms with E-state index in [-0.39, 0.29) is 24.1 Å². The number of ether oxygens (including phenoxy) is 1. The van der Waals surface area contributed by atoms with Crippen LogP contribution in [-0.4, -0.2) is 51.4 Å². The van der Waals surface area contributed by atoms with Gasteiger partial charge in [0.25, 0.3) is 5.91 Å². The third-order valence-corrected chi connectivity index (χ3v) is 5.95. The lowest BCUT2D eigenvalue weighted by molar-refractivity contribution is -0.135. The van der Waals surface area contributed by atoms with Crippen LogP contribution in [0, 0.1) is 6.92 Å². The van der Waals surface area contributed by atoms with E-state index < -0.39 is 5.97 Å². The number of amides is 1. The number of carbonyl (C=O) groups excluding carboxylic acids is 2. The molecule has 0 unspecified atom stereocenters. The van der Waals surface area contributed by atoms with Gasteiger partial charge < -0.3 is 9.64 Å². The molecule has 0 spiro atoms. The number of para-hydroxylation sites is 1. The first-order chi connectivity index (χ1) is 13.6. The summed E-state index contributed by atoms with van der Waals surface area (Å²) in [5.41, 5.74) is 1.81. The molecule has 7 nitrogen and oxygen atoms in total. The van der Waals surface area contributed by atoms with Crippen molar-refractivity contribution >= 4 is 33.4 Å². The molecule has 3 heterocycles. The van der Waals surface area contributed by atoms with Gasteiger partial charge in [-0.1, -0.05) is 12.1 Å². The molecule has 8 heteroatoms. The number of fused-ring (bicyclic) bond motifs is 1. The Labute approximate surface area is 166 Å². The number of carbonyl (C=O) groups is 2. The highest BCUT2D eigenvalue weighted by Crippen LogP contribution is 2.32. The van der Waals surface area contributed by atoms with Crippen molar-refractivity contribution in [1.29, 1.82) is 0 Å². The molecule has 144 valence electrons. The van der Waals surface area contributed by atoms with E-state index >= 15 is 0 Å². The fourth-order valence-electron chi connectivity index (χ4n) is 3.26. The first kappa shape index (κ1) is 18.5. The molecular formula is C20H20N4O3S. The highest BCUT2D eigenvalue weighted by Gasteiger charge is 2.27. The van der Waals surface area contributed by atoms with Gasteiger partial charge in [0.2, 0.25) is 0 Å². The van der Waals surface area contributed by atoms with Gasteiger partial charge in [-0.2, -0.15) is 0 Å². The molecule has 0 radical (unpaired) electrons. The van der Waals surface area contributed by atoms with Gasteiger partial charge in [-0.05, 0) is 31.9 Å². The van der Waals surface area contributed by atoms with Gasteiger partial charge in [0.15, 0.2) is 12.3 Å². The first-order valence-corrected chi connectivity index (χ1v) is 10.0. The fourth-order valence-corrected chi connectivity index (χ4v) is 4.35. The molecule has 2 aromatic heterocycles. The molecule has 1 aliphatic rings. The van der Waals surface area contributed by atoms with Crippen LogP contribution in [0.1, 0.15) is 39.9 Å². The highest BCUT2D eigenvalue weighted by molar-refractivity contribution is 7.18. The summed E-state index contributed by atoms with van der Waals surface area (Å²) in [4.78, 5) is 39.0. The second kappa shape index (κ2) is 8.02. The smallest absolute Gasteiger partial charge is 0.359 e. The maximum Gasteiger partial charge on any atom is 0.359 e. The Bertz CT molecular complexity index is 969. The lowest BCUT2D eigenvalue weighted by Gasteiger charge is -2.31. The van der Waals surface area contributed by atoms with Crippen LogP contribution in [0.25, 0.3) is 10.2 Å². The molecule has 1 fully saturated rings. The summed E-state index contributed by atoms with van der Waals surface area (Å²) in [7, 11) is 0. The van der Waals surface area contributed by atoms with Crippen LogP contribution in [0.2, 0.25) is 0 Å². The van der Waals surface area contributed by atoms with Crippen molar-refractivity contribution in [3.8, 4) is 0 Å². The molecule has 4 rings (SSSR count). The monoisotopic (exact) mass is 396 g/mol. The van der Waals surface area contributed by atoms with E-state index in [1.807, 2.05) is 18.2 Å². The number of aromatic nitrogens is 3. The standard InChI is InChI=1S/C20H20N4O3S/c1-13-9-22-16(10-21-13)20(26)27-12-18(25)24-8-4-5-14(11-24)19-23-15-6-2-3-7-17(15)28-19/h2-3,6-7,9-10,14H,4-5,8,11-12H2,1H3/t14-/m1/s1. The third-order valence-electron chi connectivity index (χ3n) is 4.75. The van der Waals surface area contributed by atoms with Gasteiger partial charge in [0, 0.05) is 25.2 Å². The van der Waals surface area contributed by atoms with Crippen molar-refractivity contribution in [2.24, 2.45) is 0 Å². The molecule has 1 atom stereocenters. The van der Waals surface area contributed by atoms with Crippen LogP contribution in [0.15, 0.2) is 36.7 Å². The minimum atomic E-state index is -0.638. The minimum absolute atomic E-state index is 0.101. The Morgan fingerprint density at radius 2 is 2.11 bits per heavy atom. The average molecular weight is 396 g/mol. The number of nitrogens with zero attached hydrogens (tertiary/aromatic N) is 4. The summed E-state index contributed by atoms with van der Waals surface area (Å²) in [6.45, 7) is 2.76. The van der Waals surface area contributed by atoms with Crippen LogP contribution >= 0.6 is 11.3 Å². The van der Waals surface area contributed by atoms with Crippen LogP contribution in [0.5, 0.6) is 0 Å². The molecule has 3 aromatic rings. The van der Waals surface area contributed by atoms with Gasteiger partial charge in [0.05, 0.1) is 27.1 Å². The Kier molecular flexibility index (Phi) is 5.29. The average Bonchev–Trinajstić information content (AvgIpc) is 3.17. The second-order valence-corrected chi connectivity index (χ2v) is 7.88. The zero-order chi connectivity index (χ0) is 19.5. The summed E-state index contributed by atoms with van der Waals surface area (Å²) in [6.07, 6.45) is 4.75. The molecule has 0 bridgehead atoms. The summed E-state index contributed by atoms with van der Waals surface area (Å²) < 4.78 is 6.29. The van der Waals surface area contributed by atoms with Crippen molar-refractivity contribution in [2.75, 3.05) is 19.7 Å². The molecule has 0 aliphatic carbocycles. The van der Waals surface area contributed by atoms with E-state index in [2.05, 4.69) is 16.0 Å². The van der Waals surface area contributed by atoms with Crippen molar-refractivity contribution in [3.63, 3.8) is 0 Å². The van der Waals surface area contributed by atoms with E-state index in [1.54, 1.807) is 23.2 Å². The summed E-state index contributed by atoms with van der Waals surface area (Å²) in [5, 5.41) is 1.06. The van der Waals surface area contributed by atoms with Gasteiger partial charge in [-0.3, -0.25) is 9.78 Å². The number of piperidine rings is 1. The van der Waals surface area contributed by atoms with Crippen molar-refractivity contribution < 1.29 is 14.3 Å². The Morgan fingerprint density at radius 1 is 1.25 bits per heavy atom. The number of aryl methyl sites for hydroxylation is 1. The van der Waals surface area contributed by atoms with E-state index in [9.17, 15) is 9.59 Å². The van der Waals surface area contributed by atoms with Crippen molar-refractivity contribution in [3.05, 3.63) is 53.1 Å². The topological polar surface area (TPSA) is 85.3 Å². The van der Waals surface area contributed by atoms with Crippen molar-refractivity contribution in [1.82, 2.24) is 19.9 Å². The fraction of sp³-hybridized carbons (Fsp3) is 0.350. The number of rotatable bonds is 4. The molecule has 28 heavy (non-hydrogen) atoms. The Hall–Kier alpha value is -2.87. The molecule has 0 saturated carbocycles. The maximum absolute atomic E-state index is 12.5. The van der Waals surface area contributed by atoms with Crippen LogP contribution < -0.4 is 0 Å². The SMILES string of the molecule is Cc1cnc(C(=O)OCC(=O)N2CCC[C@@H](c3nc4ccccc4s3)C2)cn1. The number of hydrogen-bond acceptors (Lipinski definition) is 7. The number of benzene rings is 1. The van der Waals surface area contributed by atoms with Gasteiger partial charge in [-0.15, -0.1) is 11.3 Å². The predicted octanol–water partition coefficient (Wildman–Crippen LogP) is 2.96. The quantitative estimate of drug-likeness (QED) is 0.631. The number of likely N-dealkylation sites (tertiary alicyclic amines) is 1. The minimum Gasteiger partial charge on any atom is -0.451 e. The third kappa shape index (κ3) is 4.01. The molecule has 1 aliphatic heterocycles.